The number of hydrogen-bond donors (Lipinski definition) is 1. The van der Waals surface area contributed by atoms with Gasteiger partial charge in [-0.2, -0.15) is 0 Å². The summed E-state index contributed by atoms with van der Waals surface area (Å²) < 4.78 is 1.06. The molecule has 3 heterocycles. The van der Waals surface area contributed by atoms with Crippen molar-refractivity contribution in [2.24, 2.45) is 7.05 Å². The maximum atomic E-state index is 11.8. The zero-order valence-corrected chi connectivity index (χ0v) is 14.3. The Balaban J connectivity index is 1.68. The van der Waals surface area contributed by atoms with Gasteiger partial charge in [-0.15, -0.1) is 0 Å². The van der Waals surface area contributed by atoms with Crippen molar-refractivity contribution in [3.8, 4) is 0 Å². The molecule has 0 radical (unpaired) electrons. The molecule has 128 valence electrons. The summed E-state index contributed by atoms with van der Waals surface area (Å²) in [5.41, 5.74) is -0.700. The van der Waals surface area contributed by atoms with E-state index in [9.17, 15) is 9.59 Å². The van der Waals surface area contributed by atoms with Gasteiger partial charge in [0.25, 0.3) is 5.56 Å². The SMILES string of the molecule is CN(c1ncc(Cl)cn1)C1CCN(c2cc(=O)n(C)c(=O)[nH]2)CC1. The van der Waals surface area contributed by atoms with Gasteiger partial charge in [-0.3, -0.25) is 14.3 Å². The predicted molar refractivity (Wildman–Crippen MR) is 93.0 cm³/mol. The highest BCUT2D eigenvalue weighted by molar-refractivity contribution is 6.30. The molecular weight excluding hydrogens is 332 g/mol. The van der Waals surface area contributed by atoms with Crippen molar-refractivity contribution in [1.29, 1.82) is 0 Å². The molecular formula is C15H19ClN6O2. The van der Waals surface area contributed by atoms with Crippen molar-refractivity contribution >= 4 is 23.4 Å². The van der Waals surface area contributed by atoms with Gasteiger partial charge in [0.2, 0.25) is 5.95 Å². The number of rotatable bonds is 3. The van der Waals surface area contributed by atoms with Crippen LogP contribution in [-0.2, 0) is 7.05 Å². The Morgan fingerprint density at radius 3 is 2.46 bits per heavy atom. The third kappa shape index (κ3) is 3.28. The highest BCUT2D eigenvalue weighted by Gasteiger charge is 2.24. The topological polar surface area (TPSA) is 87.1 Å². The molecule has 3 rings (SSSR count). The molecule has 0 spiro atoms. The molecule has 0 aliphatic carbocycles. The number of aromatic amines is 1. The van der Waals surface area contributed by atoms with Crippen LogP contribution in [0, 0.1) is 0 Å². The smallest absolute Gasteiger partial charge is 0.329 e. The van der Waals surface area contributed by atoms with E-state index in [4.69, 9.17) is 11.6 Å². The summed E-state index contributed by atoms with van der Waals surface area (Å²) >= 11 is 5.82. The van der Waals surface area contributed by atoms with Crippen LogP contribution in [0.1, 0.15) is 12.8 Å². The van der Waals surface area contributed by atoms with Crippen LogP contribution in [0.15, 0.2) is 28.0 Å². The Kier molecular flexibility index (Phi) is 4.57. The lowest BCUT2D eigenvalue weighted by Crippen LogP contribution is -2.45. The molecule has 24 heavy (non-hydrogen) atoms. The Morgan fingerprint density at radius 2 is 1.88 bits per heavy atom. The molecule has 9 heteroatoms. The number of nitrogens with one attached hydrogen (secondary N) is 1. The molecule has 0 amide bonds. The van der Waals surface area contributed by atoms with E-state index in [-0.39, 0.29) is 5.56 Å². The van der Waals surface area contributed by atoms with Crippen LogP contribution in [0.4, 0.5) is 11.8 Å². The van der Waals surface area contributed by atoms with E-state index in [1.165, 1.54) is 13.1 Å². The van der Waals surface area contributed by atoms with Gasteiger partial charge < -0.3 is 9.80 Å². The first-order chi connectivity index (χ1) is 11.5. The molecule has 1 fully saturated rings. The van der Waals surface area contributed by atoms with E-state index in [1.54, 1.807) is 12.4 Å². The van der Waals surface area contributed by atoms with Crippen LogP contribution < -0.4 is 21.0 Å². The van der Waals surface area contributed by atoms with Crippen LogP contribution in [0.5, 0.6) is 0 Å². The molecule has 1 aliphatic rings. The molecule has 1 saturated heterocycles. The van der Waals surface area contributed by atoms with Gasteiger partial charge in [-0.05, 0) is 12.8 Å². The maximum Gasteiger partial charge on any atom is 0.329 e. The van der Waals surface area contributed by atoms with Gasteiger partial charge in [0.1, 0.15) is 5.82 Å². The number of piperidine rings is 1. The Bertz CT molecular complexity index is 792. The maximum absolute atomic E-state index is 11.8. The Morgan fingerprint density at radius 1 is 1.25 bits per heavy atom. The third-order valence-corrected chi connectivity index (χ3v) is 4.60. The first-order valence-electron chi connectivity index (χ1n) is 7.71. The van der Waals surface area contributed by atoms with E-state index in [1.807, 2.05) is 16.8 Å². The highest BCUT2D eigenvalue weighted by Crippen LogP contribution is 2.21. The van der Waals surface area contributed by atoms with E-state index >= 15 is 0 Å². The van der Waals surface area contributed by atoms with Crippen molar-refractivity contribution in [2.75, 3.05) is 29.9 Å². The van der Waals surface area contributed by atoms with Gasteiger partial charge >= 0.3 is 5.69 Å². The fraction of sp³-hybridized carbons (Fsp3) is 0.467. The van der Waals surface area contributed by atoms with Gasteiger partial charge in [0, 0.05) is 39.3 Å². The minimum Gasteiger partial charge on any atom is -0.358 e. The molecule has 0 unspecified atom stereocenters. The fourth-order valence-corrected chi connectivity index (χ4v) is 2.96. The summed E-state index contributed by atoms with van der Waals surface area (Å²) in [7, 11) is 3.42. The second-order valence-corrected chi connectivity index (χ2v) is 6.32. The molecule has 0 bridgehead atoms. The fourth-order valence-electron chi connectivity index (χ4n) is 2.86. The lowest BCUT2D eigenvalue weighted by molar-refractivity contribution is 0.474. The minimum absolute atomic E-state index is 0.292. The molecule has 2 aromatic heterocycles. The van der Waals surface area contributed by atoms with Crippen LogP contribution in [0.2, 0.25) is 5.02 Å². The van der Waals surface area contributed by atoms with Crippen molar-refractivity contribution in [1.82, 2.24) is 19.5 Å². The average Bonchev–Trinajstić information content (AvgIpc) is 2.59. The summed E-state index contributed by atoms with van der Waals surface area (Å²) in [5.74, 6) is 1.21. The van der Waals surface area contributed by atoms with Crippen molar-refractivity contribution in [2.45, 2.75) is 18.9 Å². The van der Waals surface area contributed by atoms with Gasteiger partial charge in [0.05, 0.1) is 17.4 Å². The van der Waals surface area contributed by atoms with Crippen LogP contribution >= 0.6 is 11.6 Å². The van der Waals surface area contributed by atoms with Gasteiger partial charge in [0.15, 0.2) is 0 Å². The number of anilines is 2. The number of halogens is 1. The molecule has 8 nitrogen and oxygen atoms in total. The highest BCUT2D eigenvalue weighted by atomic mass is 35.5. The van der Waals surface area contributed by atoms with E-state index in [0.717, 1.165) is 30.5 Å². The monoisotopic (exact) mass is 350 g/mol. The van der Waals surface area contributed by atoms with Crippen LogP contribution in [-0.4, -0.2) is 45.7 Å². The number of aromatic nitrogens is 4. The summed E-state index contributed by atoms with van der Waals surface area (Å²) in [6, 6.07) is 1.76. The number of nitrogens with zero attached hydrogens (tertiary/aromatic N) is 5. The van der Waals surface area contributed by atoms with Crippen molar-refractivity contribution < 1.29 is 0 Å². The second kappa shape index (κ2) is 6.64. The van der Waals surface area contributed by atoms with Crippen LogP contribution in [0.3, 0.4) is 0 Å². The Labute approximate surface area is 143 Å². The van der Waals surface area contributed by atoms with Crippen LogP contribution in [0.25, 0.3) is 0 Å². The third-order valence-electron chi connectivity index (χ3n) is 4.41. The molecule has 0 saturated carbocycles. The van der Waals surface area contributed by atoms with Crippen molar-refractivity contribution in [3.05, 3.63) is 44.3 Å². The zero-order valence-electron chi connectivity index (χ0n) is 13.6. The van der Waals surface area contributed by atoms with E-state index in [0.29, 0.717) is 22.8 Å². The molecule has 2 aromatic rings. The van der Waals surface area contributed by atoms with Gasteiger partial charge in [-0.1, -0.05) is 11.6 Å². The summed E-state index contributed by atoms with van der Waals surface area (Å²) in [6.07, 6.45) is 4.92. The molecule has 0 atom stereocenters. The standard InChI is InChI=1S/C15H19ClN6O2/c1-20(14-17-8-10(16)9-18-14)11-3-5-22(6-4-11)12-7-13(23)21(2)15(24)19-12/h7-9,11H,3-6H2,1-2H3,(H,19,24). The van der Waals surface area contributed by atoms with Crippen molar-refractivity contribution in [3.63, 3.8) is 0 Å². The molecule has 1 N–H and O–H groups in total. The molecule has 0 aromatic carbocycles. The quantitative estimate of drug-likeness (QED) is 0.873. The molecule has 1 aliphatic heterocycles. The first-order valence-corrected chi connectivity index (χ1v) is 8.09. The lowest BCUT2D eigenvalue weighted by Gasteiger charge is -2.37. The Hall–Kier alpha value is -2.35. The lowest BCUT2D eigenvalue weighted by atomic mass is 10.0. The van der Waals surface area contributed by atoms with E-state index < -0.39 is 5.69 Å². The second-order valence-electron chi connectivity index (χ2n) is 5.89. The zero-order chi connectivity index (χ0) is 17.3. The largest absolute Gasteiger partial charge is 0.358 e. The number of hydrogen-bond acceptors (Lipinski definition) is 6. The minimum atomic E-state index is -0.397. The van der Waals surface area contributed by atoms with E-state index in [2.05, 4.69) is 15.0 Å². The summed E-state index contributed by atoms with van der Waals surface area (Å²) in [4.78, 5) is 38.8. The average molecular weight is 351 g/mol. The number of H-pyrrole nitrogens is 1. The van der Waals surface area contributed by atoms with Gasteiger partial charge in [-0.25, -0.2) is 14.8 Å². The first kappa shape index (κ1) is 16.5. The summed E-state index contributed by atoms with van der Waals surface area (Å²) in [5, 5.41) is 0.511. The normalized spacial score (nSPS) is 15.5. The summed E-state index contributed by atoms with van der Waals surface area (Å²) in [6.45, 7) is 1.48. The predicted octanol–water partition coefficient (Wildman–Crippen LogP) is 0.622.